The number of amidine groups is 2. The van der Waals surface area contributed by atoms with Crippen LogP contribution in [0.5, 0.6) is 0 Å². The standard InChI is InChI=1S/C29H40N6O3S/c1-7-8-27(36-6)24(4)22(2)19-25-9-12-35(33-25)13-10-28(34-14-17-37-18-15-34)32-29(30-5)38-16-11-26-20-23(3)31-21-39-26/h7-10,12-13,20-21,26H,2,11,14-19H2,1,3-6H3/b8-7-,13-10+,27-24-,30-29?,32-28?. The van der Waals surface area contributed by atoms with Crippen LogP contribution in [0.15, 0.2) is 80.7 Å². The van der Waals surface area contributed by atoms with Gasteiger partial charge in [-0.3, -0.25) is 4.99 Å². The number of thioether (sulfide) groups is 1. The second-order valence-electron chi connectivity index (χ2n) is 9.01. The molecule has 0 N–H and O–H groups in total. The lowest BCUT2D eigenvalue weighted by atomic mass is 10.0. The minimum absolute atomic E-state index is 0.344. The fourth-order valence-corrected chi connectivity index (χ4v) is 4.82. The highest BCUT2D eigenvalue weighted by Gasteiger charge is 2.16. The molecule has 2 aliphatic heterocycles. The molecule has 1 aromatic rings. The molecule has 10 heteroatoms. The van der Waals surface area contributed by atoms with E-state index in [9.17, 15) is 0 Å². The van der Waals surface area contributed by atoms with Gasteiger partial charge in [-0.1, -0.05) is 12.7 Å². The second-order valence-corrected chi connectivity index (χ2v) is 10.1. The highest BCUT2D eigenvalue weighted by molar-refractivity contribution is 8.12. The van der Waals surface area contributed by atoms with E-state index in [0.29, 0.717) is 37.5 Å². The van der Waals surface area contributed by atoms with E-state index in [1.54, 1.807) is 30.6 Å². The number of allylic oxidation sites excluding steroid dienone is 5. The molecular formula is C29H40N6O3S. The van der Waals surface area contributed by atoms with Crippen molar-refractivity contribution in [3.8, 4) is 0 Å². The summed E-state index contributed by atoms with van der Waals surface area (Å²) in [5.41, 5.74) is 5.81. The first-order valence-electron chi connectivity index (χ1n) is 13.1. The van der Waals surface area contributed by atoms with Crippen LogP contribution in [0, 0.1) is 0 Å². The zero-order valence-electron chi connectivity index (χ0n) is 23.7. The molecule has 0 bridgehead atoms. The van der Waals surface area contributed by atoms with Gasteiger partial charge in [0, 0.05) is 49.9 Å². The van der Waals surface area contributed by atoms with Crippen molar-refractivity contribution >= 4 is 35.4 Å². The van der Waals surface area contributed by atoms with Gasteiger partial charge in [-0.25, -0.2) is 9.67 Å². The maximum absolute atomic E-state index is 5.95. The summed E-state index contributed by atoms with van der Waals surface area (Å²) >= 11 is 1.70. The fraction of sp³-hybridized carbons (Fsp3) is 0.448. The van der Waals surface area contributed by atoms with Crippen molar-refractivity contribution in [1.29, 1.82) is 0 Å². The number of hydrogen-bond donors (Lipinski definition) is 0. The first kappa shape index (κ1) is 30.2. The number of morpholine rings is 1. The van der Waals surface area contributed by atoms with Crippen LogP contribution >= 0.6 is 11.8 Å². The molecule has 2 aliphatic rings. The molecule has 1 aromatic heterocycles. The third-order valence-corrected chi connectivity index (χ3v) is 7.11. The monoisotopic (exact) mass is 552 g/mol. The molecule has 3 rings (SSSR count). The number of aromatic nitrogens is 2. The van der Waals surface area contributed by atoms with Crippen LogP contribution in [-0.2, 0) is 20.6 Å². The summed E-state index contributed by atoms with van der Waals surface area (Å²) in [5, 5.41) is 5.04. The molecule has 0 spiro atoms. The minimum Gasteiger partial charge on any atom is -0.496 e. The Bertz CT molecular complexity index is 1190. The van der Waals surface area contributed by atoms with Gasteiger partial charge in [0.2, 0.25) is 0 Å². The molecular weight excluding hydrogens is 512 g/mol. The highest BCUT2D eigenvalue weighted by Crippen LogP contribution is 2.21. The van der Waals surface area contributed by atoms with Crippen molar-refractivity contribution in [3.05, 3.63) is 71.4 Å². The van der Waals surface area contributed by atoms with Gasteiger partial charge in [0.25, 0.3) is 0 Å². The number of nitrogens with zero attached hydrogens (tertiary/aromatic N) is 6. The molecule has 0 aromatic carbocycles. The SMILES string of the molecule is C=C(Cc1ccn(/C=C/C(=NC(=NC)OCCC2C=C(C)N=CS2)N2CCOCC2)n1)/C(C)=C(/C=C\C)OC. The number of aliphatic imine (C=N–C) groups is 3. The van der Waals surface area contributed by atoms with Crippen molar-refractivity contribution in [2.24, 2.45) is 15.0 Å². The summed E-state index contributed by atoms with van der Waals surface area (Å²) in [6, 6.07) is 2.34. The first-order valence-corrected chi connectivity index (χ1v) is 14.0. The Hall–Kier alpha value is -3.37. The van der Waals surface area contributed by atoms with Gasteiger partial charge in [0.15, 0.2) is 0 Å². The van der Waals surface area contributed by atoms with E-state index in [1.807, 2.05) is 63.0 Å². The van der Waals surface area contributed by atoms with E-state index in [4.69, 9.17) is 24.3 Å². The number of methoxy groups -OCH3 is 1. The van der Waals surface area contributed by atoms with E-state index in [-0.39, 0.29) is 0 Å². The van der Waals surface area contributed by atoms with Crippen molar-refractivity contribution in [3.63, 3.8) is 0 Å². The minimum atomic E-state index is 0.344. The van der Waals surface area contributed by atoms with Crippen LogP contribution in [0.4, 0.5) is 0 Å². The lowest BCUT2D eigenvalue weighted by molar-refractivity contribution is 0.0684. The lowest BCUT2D eigenvalue weighted by Gasteiger charge is -2.28. The molecule has 0 saturated carbocycles. The van der Waals surface area contributed by atoms with Gasteiger partial charge in [-0.05, 0) is 62.6 Å². The maximum atomic E-state index is 5.95. The van der Waals surface area contributed by atoms with E-state index in [1.165, 1.54) is 0 Å². The summed E-state index contributed by atoms with van der Waals surface area (Å²) in [5.74, 6) is 1.56. The Labute approximate surface area is 236 Å². The summed E-state index contributed by atoms with van der Waals surface area (Å²) < 4.78 is 18.7. The van der Waals surface area contributed by atoms with Crippen LogP contribution in [-0.4, -0.2) is 84.4 Å². The molecule has 1 atom stereocenters. The Morgan fingerprint density at radius 3 is 2.79 bits per heavy atom. The van der Waals surface area contributed by atoms with Crippen molar-refractivity contribution in [2.45, 2.75) is 38.9 Å². The number of hydrogen-bond acceptors (Lipinski definition) is 7. The van der Waals surface area contributed by atoms with Crippen molar-refractivity contribution < 1.29 is 14.2 Å². The third kappa shape index (κ3) is 9.71. The van der Waals surface area contributed by atoms with Crippen LogP contribution in [0.25, 0.3) is 6.20 Å². The summed E-state index contributed by atoms with van der Waals surface area (Å²) in [7, 11) is 3.36. The van der Waals surface area contributed by atoms with Gasteiger partial charge in [-0.15, -0.1) is 11.8 Å². The number of ether oxygens (including phenoxy) is 3. The van der Waals surface area contributed by atoms with Crippen LogP contribution < -0.4 is 0 Å². The molecule has 1 unspecified atom stereocenters. The van der Waals surface area contributed by atoms with E-state index < -0.39 is 0 Å². The highest BCUT2D eigenvalue weighted by atomic mass is 32.2. The van der Waals surface area contributed by atoms with E-state index >= 15 is 0 Å². The predicted molar refractivity (Wildman–Crippen MR) is 162 cm³/mol. The van der Waals surface area contributed by atoms with Crippen LogP contribution in [0.3, 0.4) is 0 Å². The third-order valence-electron chi connectivity index (χ3n) is 6.16. The largest absolute Gasteiger partial charge is 0.496 e. The molecule has 0 radical (unpaired) electrons. The van der Waals surface area contributed by atoms with Crippen LogP contribution in [0.2, 0.25) is 0 Å². The number of rotatable bonds is 10. The van der Waals surface area contributed by atoms with Crippen molar-refractivity contribution in [1.82, 2.24) is 14.7 Å². The molecule has 39 heavy (non-hydrogen) atoms. The first-order chi connectivity index (χ1) is 18.9. The second kappa shape index (κ2) is 15.9. The van der Waals surface area contributed by atoms with Gasteiger partial charge in [0.1, 0.15) is 11.6 Å². The van der Waals surface area contributed by atoms with Gasteiger partial charge in [0.05, 0.1) is 38.2 Å². The lowest BCUT2D eigenvalue weighted by Crippen LogP contribution is -2.40. The van der Waals surface area contributed by atoms with Gasteiger partial charge < -0.3 is 19.1 Å². The summed E-state index contributed by atoms with van der Waals surface area (Å²) in [4.78, 5) is 15.5. The van der Waals surface area contributed by atoms with E-state index in [0.717, 1.165) is 53.6 Å². The fourth-order valence-electron chi connectivity index (χ4n) is 3.93. The molecule has 210 valence electrons. The summed E-state index contributed by atoms with van der Waals surface area (Å²) in [6.45, 7) is 13.5. The summed E-state index contributed by atoms with van der Waals surface area (Å²) in [6.07, 6.45) is 13.3. The van der Waals surface area contributed by atoms with Crippen molar-refractivity contribution in [2.75, 3.05) is 47.1 Å². The predicted octanol–water partition coefficient (Wildman–Crippen LogP) is 5.12. The molecule has 0 aliphatic carbocycles. The Kier molecular flexibility index (Phi) is 12.3. The molecule has 1 saturated heterocycles. The quantitative estimate of drug-likeness (QED) is 0.173. The van der Waals surface area contributed by atoms with Gasteiger partial charge in [-0.2, -0.15) is 10.1 Å². The average molecular weight is 553 g/mol. The molecule has 3 heterocycles. The van der Waals surface area contributed by atoms with Gasteiger partial charge >= 0.3 is 6.02 Å². The Morgan fingerprint density at radius 2 is 2.10 bits per heavy atom. The normalized spacial score (nSPS) is 19.5. The molecule has 1 fully saturated rings. The Morgan fingerprint density at radius 1 is 1.31 bits per heavy atom. The smallest absolute Gasteiger partial charge is 0.313 e. The van der Waals surface area contributed by atoms with E-state index in [2.05, 4.69) is 27.5 Å². The molecule has 0 amide bonds. The topological polar surface area (TPSA) is 85.8 Å². The van der Waals surface area contributed by atoms with Crippen LogP contribution in [0.1, 0.15) is 32.9 Å². The Balaban J connectivity index is 1.68. The maximum Gasteiger partial charge on any atom is 0.313 e. The molecule has 9 nitrogen and oxygen atoms in total. The zero-order valence-corrected chi connectivity index (χ0v) is 24.5. The average Bonchev–Trinajstić information content (AvgIpc) is 3.40. The zero-order chi connectivity index (χ0) is 28.0.